The van der Waals surface area contributed by atoms with E-state index in [1.165, 1.54) is 10.9 Å². The average molecular weight is 325 g/mol. The van der Waals surface area contributed by atoms with Crippen LogP contribution < -0.4 is 5.32 Å². The summed E-state index contributed by atoms with van der Waals surface area (Å²) in [7, 11) is 0. The Morgan fingerprint density at radius 2 is 2.23 bits per heavy atom. The standard InChI is InChI=1S/C12H13ClN6O3/c1-6(2)18-10(7(13)5-14-18)9-11(19(21)22)12-15-8(20)3-4-17(12)16-9/h5-6H,3-4H2,1-2H3,(H,15,20). The zero-order valence-electron chi connectivity index (χ0n) is 11.9. The lowest BCUT2D eigenvalue weighted by molar-refractivity contribution is -0.383. The molecule has 0 bridgehead atoms. The second kappa shape index (κ2) is 5.09. The third-order valence-corrected chi connectivity index (χ3v) is 3.66. The number of nitrogens with one attached hydrogen (secondary N) is 1. The average Bonchev–Trinajstić information content (AvgIpc) is 2.98. The topological polar surface area (TPSA) is 108 Å². The molecule has 1 aliphatic heterocycles. The van der Waals surface area contributed by atoms with Crippen LogP contribution in [0.1, 0.15) is 26.3 Å². The van der Waals surface area contributed by atoms with Crippen LogP contribution in [0, 0.1) is 10.1 Å². The van der Waals surface area contributed by atoms with Gasteiger partial charge in [0.15, 0.2) is 5.69 Å². The number of fused-ring (bicyclic) bond motifs is 1. The summed E-state index contributed by atoms with van der Waals surface area (Å²) in [4.78, 5) is 22.4. The van der Waals surface area contributed by atoms with Crippen LogP contribution in [0.25, 0.3) is 11.4 Å². The fourth-order valence-corrected chi connectivity index (χ4v) is 2.65. The van der Waals surface area contributed by atoms with Gasteiger partial charge in [-0.25, -0.2) is 4.68 Å². The summed E-state index contributed by atoms with van der Waals surface area (Å²) in [5, 5.41) is 22.7. The Morgan fingerprint density at radius 3 is 2.86 bits per heavy atom. The Kier molecular flexibility index (Phi) is 3.36. The molecule has 22 heavy (non-hydrogen) atoms. The minimum atomic E-state index is -0.562. The highest BCUT2D eigenvalue weighted by Crippen LogP contribution is 2.40. The molecular weight excluding hydrogens is 312 g/mol. The lowest BCUT2D eigenvalue weighted by Crippen LogP contribution is -2.23. The van der Waals surface area contributed by atoms with Crippen molar-refractivity contribution in [3.8, 4) is 11.4 Å². The van der Waals surface area contributed by atoms with Crippen LogP contribution in [0.3, 0.4) is 0 Å². The molecule has 0 aromatic carbocycles. The van der Waals surface area contributed by atoms with Crippen molar-refractivity contribution in [1.29, 1.82) is 0 Å². The Bertz CT molecular complexity index is 778. The number of nitrogens with zero attached hydrogens (tertiary/aromatic N) is 5. The van der Waals surface area contributed by atoms with Crippen molar-refractivity contribution in [3.05, 3.63) is 21.3 Å². The van der Waals surface area contributed by atoms with Gasteiger partial charge in [-0.2, -0.15) is 10.2 Å². The van der Waals surface area contributed by atoms with Gasteiger partial charge in [-0.3, -0.25) is 19.6 Å². The quantitative estimate of drug-likeness (QED) is 0.688. The lowest BCUT2D eigenvalue weighted by Gasteiger charge is -2.12. The fourth-order valence-electron chi connectivity index (χ4n) is 2.43. The maximum absolute atomic E-state index is 11.5. The first-order valence-corrected chi connectivity index (χ1v) is 7.06. The Hall–Kier alpha value is -2.42. The number of carbonyl (C=O) groups excluding carboxylic acids is 1. The smallest absolute Gasteiger partial charge is 0.305 e. The summed E-state index contributed by atoms with van der Waals surface area (Å²) < 4.78 is 2.99. The Labute approximate surface area is 130 Å². The molecule has 9 nitrogen and oxygen atoms in total. The number of carbonyl (C=O) groups is 1. The first-order chi connectivity index (χ1) is 10.4. The van der Waals surface area contributed by atoms with Gasteiger partial charge in [0.2, 0.25) is 11.7 Å². The third kappa shape index (κ3) is 2.13. The predicted molar refractivity (Wildman–Crippen MR) is 78.7 cm³/mol. The molecule has 1 amide bonds. The minimum Gasteiger partial charge on any atom is -0.305 e. The summed E-state index contributed by atoms with van der Waals surface area (Å²) in [5.41, 5.74) is 0.218. The molecule has 0 atom stereocenters. The van der Waals surface area contributed by atoms with Crippen molar-refractivity contribution in [2.24, 2.45) is 0 Å². The Balaban J connectivity index is 2.26. The Morgan fingerprint density at radius 1 is 1.50 bits per heavy atom. The SMILES string of the molecule is CC(C)n1ncc(Cl)c1-c1nn2c(c1[N+](=O)[O-])NC(=O)CC2. The summed E-state index contributed by atoms with van der Waals surface area (Å²) in [6, 6.07) is -0.0459. The van der Waals surface area contributed by atoms with Crippen LogP contribution in [0.4, 0.5) is 11.5 Å². The minimum absolute atomic E-state index is 0.0459. The highest BCUT2D eigenvalue weighted by molar-refractivity contribution is 6.33. The molecule has 116 valence electrons. The van der Waals surface area contributed by atoms with Gasteiger partial charge in [0.25, 0.3) is 0 Å². The van der Waals surface area contributed by atoms with E-state index in [0.29, 0.717) is 5.69 Å². The molecule has 1 N–H and O–H groups in total. The lowest BCUT2D eigenvalue weighted by atomic mass is 10.2. The first kappa shape index (κ1) is 14.5. The molecule has 2 aromatic heterocycles. The van der Waals surface area contributed by atoms with Crippen molar-refractivity contribution in [3.63, 3.8) is 0 Å². The van der Waals surface area contributed by atoms with E-state index in [4.69, 9.17) is 11.6 Å². The molecule has 1 aliphatic rings. The second-order valence-electron chi connectivity index (χ2n) is 5.20. The zero-order valence-corrected chi connectivity index (χ0v) is 12.7. The van der Waals surface area contributed by atoms with E-state index in [2.05, 4.69) is 15.5 Å². The molecule has 0 saturated heterocycles. The van der Waals surface area contributed by atoms with E-state index in [1.807, 2.05) is 13.8 Å². The molecule has 0 unspecified atom stereocenters. The second-order valence-corrected chi connectivity index (χ2v) is 5.61. The van der Waals surface area contributed by atoms with E-state index < -0.39 is 4.92 Å². The summed E-state index contributed by atoms with van der Waals surface area (Å²) in [6.45, 7) is 4.06. The molecule has 0 aliphatic carbocycles. The van der Waals surface area contributed by atoms with Crippen molar-refractivity contribution in [2.75, 3.05) is 5.32 Å². The number of amides is 1. The van der Waals surface area contributed by atoms with Crippen LogP contribution in [-0.2, 0) is 11.3 Å². The molecule has 0 radical (unpaired) electrons. The third-order valence-electron chi connectivity index (χ3n) is 3.38. The normalized spacial score (nSPS) is 14.1. The summed E-state index contributed by atoms with van der Waals surface area (Å²) in [6.07, 6.45) is 1.65. The number of aromatic nitrogens is 4. The highest BCUT2D eigenvalue weighted by Gasteiger charge is 2.35. The van der Waals surface area contributed by atoms with Crippen LogP contribution in [0.5, 0.6) is 0 Å². The number of hydrogen-bond acceptors (Lipinski definition) is 5. The van der Waals surface area contributed by atoms with Gasteiger partial charge in [-0.1, -0.05) is 11.6 Å². The molecule has 0 spiro atoms. The molecular formula is C12H13ClN6O3. The van der Waals surface area contributed by atoms with Crippen molar-refractivity contribution in [1.82, 2.24) is 19.6 Å². The molecule has 3 rings (SSSR count). The highest BCUT2D eigenvalue weighted by atomic mass is 35.5. The molecule has 0 saturated carbocycles. The van der Waals surface area contributed by atoms with Crippen molar-refractivity contribution >= 4 is 29.0 Å². The number of hydrogen-bond donors (Lipinski definition) is 1. The van der Waals surface area contributed by atoms with Crippen molar-refractivity contribution in [2.45, 2.75) is 32.9 Å². The van der Waals surface area contributed by atoms with Crippen LogP contribution >= 0.6 is 11.6 Å². The fraction of sp³-hybridized carbons (Fsp3) is 0.417. The monoisotopic (exact) mass is 324 g/mol. The summed E-state index contributed by atoms with van der Waals surface area (Å²) in [5.74, 6) is -0.186. The molecule has 3 heterocycles. The molecule has 10 heteroatoms. The van der Waals surface area contributed by atoms with Gasteiger partial charge in [0.1, 0.15) is 5.69 Å². The van der Waals surface area contributed by atoms with Crippen molar-refractivity contribution < 1.29 is 9.72 Å². The van der Waals surface area contributed by atoms with Crippen LogP contribution in [0.2, 0.25) is 5.02 Å². The molecule has 2 aromatic rings. The van der Waals surface area contributed by atoms with Gasteiger partial charge >= 0.3 is 5.69 Å². The predicted octanol–water partition coefficient (Wildman–Crippen LogP) is 2.23. The van der Waals surface area contributed by atoms with E-state index in [0.717, 1.165) is 0 Å². The van der Waals surface area contributed by atoms with Gasteiger partial charge in [-0.15, -0.1) is 0 Å². The van der Waals surface area contributed by atoms with E-state index in [1.54, 1.807) is 4.68 Å². The number of nitro groups is 1. The largest absolute Gasteiger partial charge is 0.340 e. The number of halogens is 1. The van der Waals surface area contributed by atoms with Gasteiger partial charge in [0.05, 0.1) is 22.7 Å². The van der Waals surface area contributed by atoms with Gasteiger partial charge in [-0.05, 0) is 13.8 Å². The maximum Gasteiger partial charge on any atom is 0.340 e. The first-order valence-electron chi connectivity index (χ1n) is 6.68. The van der Waals surface area contributed by atoms with Gasteiger partial charge < -0.3 is 5.32 Å². The zero-order chi connectivity index (χ0) is 16.0. The van der Waals surface area contributed by atoms with E-state index >= 15 is 0 Å². The van der Waals surface area contributed by atoms with Crippen LogP contribution in [0.15, 0.2) is 6.20 Å². The van der Waals surface area contributed by atoms with Crippen LogP contribution in [-0.4, -0.2) is 30.4 Å². The maximum atomic E-state index is 11.5. The molecule has 0 fully saturated rings. The van der Waals surface area contributed by atoms with E-state index in [9.17, 15) is 14.9 Å². The summed E-state index contributed by atoms with van der Waals surface area (Å²) >= 11 is 6.15. The van der Waals surface area contributed by atoms with E-state index in [-0.39, 0.29) is 47.1 Å². The number of anilines is 1. The number of aryl methyl sites for hydroxylation is 1. The number of rotatable bonds is 3. The van der Waals surface area contributed by atoms with Gasteiger partial charge in [0, 0.05) is 12.5 Å².